The van der Waals surface area contributed by atoms with Crippen molar-refractivity contribution in [1.82, 2.24) is 14.9 Å². The molecule has 0 aliphatic carbocycles. The highest BCUT2D eigenvalue weighted by molar-refractivity contribution is 7.16. The van der Waals surface area contributed by atoms with Gasteiger partial charge in [-0.2, -0.15) is 0 Å². The van der Waals surface area contributed by atoms with Crippen LogP contribution in [0, 0.1) is 5.92 Å². The number of halogens is 1. The minimum atomic E-state index is 0.570. The number of methoxy groups -OCH3 is 1. The molecule has 1 aliphatic rings. The lowest BCUT2D eigenvalue weighted by atomic mass is 9.98. The number of hydrogen-bond donors (Lipinski definition) is 0. The highest BCUT2D eigenvalue weighted by Crippen LogP contribution is 2.25. The molecule has 0 amide bonds. The van der Waals surface area contributed by atoms with Gasteiger partial charge in [-0.25, -0.2) is 9.97 Å². The summed E-state index contributed by atoms with van der Waals surface area (Å²) in [6.45, 7) is 3.82. The van der Waals surface area contributed by atoms with Crippen LogP contribution < -0.4 is 0 Å². The lowest BCUT2D eigenvalue weighted by Gasteiger charge is -2.30. The standard InChI is InChI=1S/C14H18ClN3OS/c1-19-9-10-2-5-18(6-3-10)8-12-16-13(15)11-4-7-20-14(11)17-12/h4,7,10H,2-3,5-6,8-9H2,1H3. The van der Waals surface area contributed by atoms with E-state index in [1.165, 1.54) is 12.8 Å². The quantitative estimate of drug-likeness (QED) is 0.813. The predicted molar refractivity (Wildman–Crippen MR) is 82.3 cm³/mol. The molecule has 20 heavy (non-hydrogen) atoms. The first kappa shape index (κ1) is 14.2. The summed E-state index contributed by atoms with van der Waals surface area (Å²) in [5.41, 5.74) is 0. The molecule has 2 aromatic heterocycles. The van der Waals surface area contributed by atoms with Crippen molar-refractivity contribution in [3.05, 3.63) is 22.4 Å². The zero-order valence-electron chi connectivity index (χ0n) is 11.5. The van der Waals surface area contributed by atoms with Gasteiger partial charge in [0.05, 0.1) is 6.54 Å². The van der Waals surface area contributed by atoms with Gasteiger partial charge in [0.25, 0.3) is 0 Å². The van der Waals surface area contributed by atoms with Gasteiger partial charge in [-0.1, -0.05) is 11.6 Å². The van der Waals surface area contributed by atoms with Crippen LogP contribution in [-0.4, -0.2) is 41.7 Å². The molecule has 1 aliphatic heterocycles. The number of aromatic nitrogens is 2. The third kappa shape index (κ3) is 3.11. The van der Waals surface area contributed by atoms with Gasteiger partial charge in [0, 0.05) is 19.1 Å². The second-order valence-corrected chi connectivity index (χ2v) is 6.50. The molecule has 108 valence electrons. The van der Waals surface area contributed by atoms with Gasteiger partial charge < -0.3 is 4.74 Å². The molecule has 4 nitrogen and oxygen atoms in total. The summed E-state index contributed by atoms with van der Waals surface area (Å²) in [5.74, 6) is 1.52. The fourth-order valence-corrected chi connectivity index (χ4v) is 3.77. The van der Waals surface area contributed by atoms with Crippen LogP contribution in [-0.2, 0) is 11.3 Å². The summed E-state index contributed by atoms with van der Waals surface area (Å²) in [5, 5.41) is 3.53. The van der Waals surface area contributed by atoms with Crippen molar-refractivity contribution in [2.24, 2.45) is 5.92 Å². The Morgan fingerprint density at radius 3 is 2.95 bits per heavy atom. The number of hydrogen-bond acceptors (Lipinski definition) is 5. The van der Waals surface area contributed by atoms with Crippen molar-refractivity contribution < 1.29 is 4.74 Å². The van der Waals surface area contributed by atoms with E-state index in [0.29, 0.717) is 11.1 Å². The lowest BCUT2D eigenvalue weighted by molar-refractivity contribution is 0.0958. The molecule has 0 unspecified atom stereocenters. The molecular weight excluding hydrogens is 294 g/mol. The molecule has 0 aromatic carbocycles. The summed E-state index contributed by atoms with van der Waals surface area (Å²) >= 11 is 7.82. The lowest BCUT2D eigenvalue weighted by Crippen LogP contribution is -2.35. The molecule has 0 radical (unpaired) electrons. The minimum Gasteiger partial charge on any atom is -0.384 e. The van der Waals surface area contributed by atoms with Gasteiger partial charge in [-0.05, 0) is 43.3 Å². The van der Waals surface area contributed by atoms with Crippen molar-refractivity contribution in [1.29, 1.82) is 0 Å². The van der Waals surface area contributed by atoms with Crippen molar-refractivity contribution in [2.45, 2.75) is 19.4 Å². The van der Waals surface area contributed by atoms with Crippen LogP contribution in [0.15, 0.2) is 11.4 Å². The van der Waals surface area contributed by atoms with Gasteiger partial charge in [-0.3, -0.25) is 4.90 Å². The van der Waals surface area contributed by atoms with E-state index in [4.69, 9.17) is 16.3 Å². The first-order valence-corrected chi connectivity index (χ1v) is 8.13. The van der Waals surface area contributed by atoms with Gasteiger partial charge >= 0.3 is 0 Å². The SMILES string of the molecule is COCC1CCN(Cc2nc(Cl)c3ccsc3n2)CC1. The molecule has 0 bridgehead atoms. The van der Waals surface area contributed by atoms with Crippen LogP contribution in [0.3, 0.4) is 0 Å². The Morgan fingerprint density at radius 2 is 2.20 bits per heavy atom. The maximum Gasteiger partial charge on any atom is 0.145 e. The van der Waals surface area contributed by atoms with E-state index >= 15 is 0 Å². The first-order chi connectivity index (χ1) is 9.76. The highest BCUT2D eigenvalue weighted by Gasteiger charge is 2.20. The Bertz CT molecular complexity index is 581. The van der Waals surface area contributed by atoms with Crippen molar-refractivity contribution in [3.8, 4) is 0 Å². The predicted octanol–water partition coefficient (Wildman–Crippen LogP) is 3.20. The number of nitrogens with zero attached hydrogens (tertiary/aromatic N) is 3. The summed E-state index contributed by atoms with van der Waals surface area (Å²) < 4.78 is 5.23. The largest absolute Gasteiger partial charge is 0.384 e. The molecule has 2 aromatic rings. The second-order valence-electron chi connectivity index (χ2n) is 5.24. The van der Waals surface area contributed by atoms with Crippen LogP contribution in [0.4, 0.5) is 0 Å². The van der Waals surface area contributed by atoms with Crippen LogP contribution >= 0.6 is 22.9 Å². The Balaban J connectivity index is 1.65. The van der Waals surface area contributed by atoms with Crippen molar-refractivity contribution in [3.63, 3.8) is 0 Å². The highest BCUT2D eigenvalue weighted by atomic mass is 35.5. The van der Waals surface area contributed by atoms with E-state index < -0.39 is 0 Å². The fourth-order valence-electron chi connectivity index (χ4n) is 2.68. The maximum absolute atomic E-state index is 6.21. The molecule has 0 spiro atoms. The van der Waals surface area contributed by atoms with Crippen LogP contribution in [0.5, 0.6) is 0 Å². The average molecular weight is 312 g/mol. The van der Waals surface area contributed by atoms with Gasteiger partial charge in [0.2, 0.25) is 0 Å². The van der Waals surface area contributed by atoms with E-state index in [2.05, 4.69) is 14.9 Å². The first-order valence-electron chi connectivity index (χ1n) is 6.87. The number of likely N-dealkylation sites (tertiary alicyclic amines) is 1. The number of rotatable bonds is 4. The summed E-state index contributed by atoms with van der Waals surface area (Å²) in [6.07, 6.45) is 2.37. The topological polar surface area (TPSA) is 38.2 Å². The third-order valence-electron chi connectivity index (χ3n) is 3.80. The molecule has 0 atom stereocenters. The average Bonchev–Trinajstić information content (AvgIpc) is 2.90. The molecule has 0 saturated carbocycles. The third-order valence-corrected chi connectivity index (χ3v) is 4.89. The van der Waals surface area contributed by atoms with E-state index in [9.17, 15) is 0 Å². The summed E-state index contributed by atoms with van der Waals surface area (Å²) in [4.78, 5) is 12.4. The molecule has 0 N–H and O–H groups in total. The molecule has 1 saturated heterocycles. The fraction of sp³-hybridized carbons (Fsp3) is 0.571. The molecule has 1 fully saturated rings. The van der Waals surface area contributed by atoms with E-state index in [0.717, 1.165) is 42.3 Å². The van der Waals surface area contributed by atoms with E-state index in [1.54, 1.807) is 18.4 Å². The molecule has 3 rings (SSSR count). The van der Waals surface area contributed by atoms with Gasteiger partial charge in [-0.15, -0.1) is 11.3 Å². The Labute approximate surface area is 127 Å². The van der Waals surface area contributed by atoms with Crippen LogP contribution in [0.2, 0.25) is 5.15 Å². The smallest absolute Gasteiger partial charge is 0.145 e. The minimum absolute atomic E-state index is 0.570. The van der Waals surface area contributed by atoms with E-state index in [-0.39, 0.29) is 0 Å². The van der Waals surface area contributed by atoms with E-state index in [1.807, 2.05) is 11.4 Å². The normalized spacial score (nSPS) is 17.9. The van der Waals surface area contributed by atoms with Crippen molar-refractivity contribution >= 4 is 33.2 Å². The van der Waals surface area contributed by atoms with Crippen molar-refractivity contribution in [2.75, 3.05) is 26.8 Å². The molecule has 6 heteroatoms. The number of thiophene rings is 1. The Kier molecular flexibility index (Phi) is 4.51. The summed E-state index contributed by atoms with van der Waals surface area (Å²) in [6, 6.07) is 1.97. The van der Waals surface area contributed by atoms with Crippen LogP contribution in [0.25, 0.3) is 10.2 Å². The van der Waals surface area contributed by atoms with Gasteiger partial charge in [0.1, 0.15) is 15.8 Å². The zero-order chi connectivity index (χ0) is 13.9. The van der Waals surface area contributed by atoms with Crippen LogP contribution in [0.1, 0.15) is 18.7 Å². The molecule has 3 heterocycles. The van der Waals surface area contributed by atoms with Gasteiger partial charge in [0.15, 0.2) is 0 Å². The Morgan fingerprint density at radius 1 is 1.40 bits per heavy atom. The number of piperidine rings is 1. The Hall–Kier alpha value is -0.750. The molecular formula is C14H18ClN3OS. The number of ether oxygens (including phenoxy) is 1. The monoisotopic (exact) mass is 311 g/mol. The second kappa shape index (κ2) is 6.35. The number of fused-ring (bicyclic) bond motifs is 1. The summed E-state index contributed by atoms with van der Waals surface area (Å²) in [7, 11) is 1.78. The maximum atomic E-state index is 6.21. The zero-order valence-corrected chi connectivity index (χ0v) is 13.1.